The van der Waals surface area contributed by atoms with Crippen LogP contribution in [0.2, 0.25) is 5.02 Å². The molecule has 1 amide bonds. The van der Waals surface area contributed by atoms with Crippen LogP contribution in [0.5, 0.6) is 5.75 Å². The number of carbonyl (C=O) groups is 1. The Balaban J connectivity index is 1.42. The van der Waals surface area contributed by atoms with E-state index in [1.165, 1.54) is 0 Å². The van der Waals surface area contributed by atoms with E-state index in [4.69, 9.17) is 26.1 Å². The molecule has 8 nitrogen and oxygen atoms in total. The molecule has 2 fully saturated rings. The van der Waals surface area contributed by atoms with Crippen molar-refractivity contribution in [2.75, 3.05) is 38.7 Å². The Hall–Kier alpha value is -2.84. The van der Waals surface area contributed by atoms with Crippen molar-refractivity contribution in [1.82, 2.24) is 19.9 Å². The van der Waals surface area contributed by atoms with Gasteiger partial charge in [0.15, 0.2) is 0 Å². The minimum absolute atomic E-state index is 0.0231. The first kappa shape index (κ1) is 20.1. The zero-order valence-electron chi connectivity index (χ0n) is 17.3. The largest absolute Gasteiger partial charge is 0.495 e. The third-order valence-corrected chi connectivity index (χ3v) is 5.98. The van der Waals surface area contributed by atoms with Crippen molar-refractivity contribution in [2.45, 2.75) is 25.2 Å². The van der Waals surface area contributed by atoms with Gasteiger partial charge in [-0.05, 0) is 37.5 Å². The molecule has 2 N–H and O–H groups in total. The molecule has 0 atom stereocenters. The van der Waals surface area contributed by atoms with Gasteiger partial charge in [-0.25, -0.2) is 4.98 Å². The van der Waals surface area contributed by atoms with E-state index in [1.54, 1.807) is 25.4 Å². The van der Waals surface area contributed by atoms with E-state index >= 15 is 0 Å². The minimum atomic E-state index is -0.0231. The van der Waals surface area contributed by atoms with Crippen LogP contribution in [0, 0.1) is 0 Å². The number of fused-ring (bicyclic) bond motifs is 1. The number of ether oxygens (including phenoxy) is 2. The molecule has 3 aromatic rings. The van der Waals surface area contributed by atoms with Crippen LogP contribution < -0.4 is 10.1 Å². The summed E-state index contributed by atoms with van der Waals surface area (Å²) >= 11 is 6.34. The molecule has 5 rings (SSSR count). The highest BCUT2D eigenvalue weighted by atomic mass is 35.5. The average Bonchev–Trinajstić information content (AvgIpc) is 3.60. The van der Waals surface area contributed by atoms with Gasteiger partial charge in [0.1, 0.15) is 11.4 Å². The SMILES string of the molecule is COc1cc(C(=O)N2CCCOCC2)ccc1Nc1nc(C2CC2)c2c(Cl)c[nH]c2n1. The van der Waals surface area contributed by atoms with Gasteiger partial charge in [-0.15, -0.1) is 0 Å². The predicted octanol–water partition coefficient (Wildman–Crippen LogP) is 4.10. The Bertz CT molecular complexity index is 1120. The number of anilines is 2. The molecule has 0 radical (unpaired) electrons. The summed E-state index contributed by atoms with van der Waals surface area (Å²) in [6.07, 6.45) is 4.79. The first-order valence-electron chi connectivity index (χ1n) is 10.5. The number of methoxy groups -OCH3 is 1. The first-order chi connectivity index (χ1) is 15.1. The van der Waals surface area contributed by atoms with E-state index in [2.05, 4.69) is 15.3 Å². The highest BCUT2D eigenvalue weighted by Gasteiger charge is 2.29. The van der Waals surface area contributed by atoms with Gasteiger partial charge in [0, 0.05) is 37.4 Å². The Morgan fingerprint density at radius 2 is 2.16 bits per heavy atom. The fourth-order valence-electron chi connectivity index (χ4n) is 3.91. The number of aromatic nitrogens is 3. The van der Waals surface area contributed by atoms with Gasteiger partial charge in [0.2, 0.25) is 5.95 Å². The summed E-state index contributed by atoms with van der Waals surface area (Å²) in [6, 6.07) is 5.37. The van der Waals surface area contributed by atoms with Gasteiger partial charge in [-0.1, -0.05) is 11.6 Å². The third-order valence-electron chi connectivity index (χ3n) is 5.68. The van der Waals surface area contributed by atoms with Gasteiger partial charge in [0.05, 0.1) is 35.5 Å². The zero-order valence-corrected chi connectivity index (χ0v) is 18.0. The number of nitrogens with one attached hydrogen (secondary N) is 2. The van der Waals surface area contributed by atoms with E-state index < -0.39 is 0 Å². The van der Waals surface area contributed by atoms with E-state index in [0.717, 1.165) is 30.3 Å². The standard InChI is InChI=1S/C22H24ClN5O3/c1-30-17-11-14(21(29)28-7-2-9-31-10-8-28)5-6-16(17)25-22-26-19(13-3-4-13)18-15(23)12-24-20(18)27-22/h5-6,11-13H,2-4,7-10H2,1H3,(H2,24,25,26,27). The van der Waals surface area contributed by atoms with Crippen molar-refractivity contribution in [3.63, 3.8) is 0 Å². The smallest absolute Gasteiger partial charge is 0.254 e. The summed E-state index contributed by atoms with van der Waals surface area (Å²) < 4.78 is 11.0. The van der Waals surface area contributed by atoms with Crippen LogP contribution in [-0.4, -0.2) is 59.2 Å². The van der Waals surface area contributed by atoms with E-state index in [-0.39, 0.29) is 5.91 Å². The van der Waals surface area contributed by atoms with Crippen LogP contribution in [0.15, 0.2) is 24.4 Å². The lowest BCUT2D eigenvalue weighted by atomic mass is 10.1. The second-order valence-corrected chi connectivity index (χ2v) is 8.27. The number of rotatable bonds is 5. The van der Waals surface area contributed by atoms with Gasteiger partial charge in [-0.3, -0.25) is 4.79 Å². The minimum Gasteiger partial charge on any atom is -0.495 e. The molecule has 2 aliphatic rings. The normalized spacial score (nSPS) is 16.9. The van der Waals surface area contributed by atoms with E-state index in [0.29, 0.717) is 65.8 Å². The number of H-pyrrole nitrogens is 1. The first-order valence-corrected chi connectivity index (χ1v) is 10.9. The monoisotopic (exact) mass is 441 g/mol. The lowest BCUT2D eigenvalue weighted by Gasteiger charge is -2.20. The maximum Gasteiger partial charge on any atom is 0.254 e. The number of aromatic amines is 1. The molecule has 2 aromatic heterocycles. The quantitative estimate of drug-likeness (QED) is 0.619. The maximum absolute atomic E-state index is 12.9. The number of nitrogens with zero attached hydrogens (tertiary/aromatic N) is 3. The van der Waals surface area contributed by atoms with Crippen molar-refractivity contribution in [3.05, 3.63) is 40.7 Å². The fourth-order valence-corrected chi connectivity index (χ4v) is 4.15. The van der Waals surface area contributed by atoms with Crippen LogP contribution in [0.4, 0.5) is 11.6 Å². The number of hydrogen-bond acceptors (Lipinski definition) is 6. The summed E-state index contributed by atoms with van der Waals surface area (Å²) in [5, 5.41) is 4.78. The summed E-state index contributed by atoms with van der Waals surface area (Å²) in [7, 11) is 1.58. The Labute approximate surface area is 184 Å². The molecule has 3 heterocycles. The highest BCUT2D eigenvalue weighted by Crippen LogP contribution is 2.44. The van der Waals surface area contributed by atoms with Crippen molar-refractivity contribution in [2.24, 2.45) is 0 Å². The molecule has 1 saturated heterocycles. The molecular weight excluding hydrogens is 418 g/mol. The predicted molar refractivity (Wildman–Crippen MR) is 118 cm³/mol. The number of amides is 1. The highest BCUT2D eigenvalue weighted by molar-refractivity contribution is 6.35. The Morgan fingerprint density at radius 3 is 2.97 bits per heavy atom. The van der Waals surface area contributed by atoms with Gasteiger partial charge in [0.25, 0.3) is 5.91 Å². The van der Waals surface area contributed by atoms with E-state index in [1.807, 2.05) is 11.0 Å². The lowest BCUT2D eigenvalue weighted by molar-refractivity contribution is 0.0741. The summed E-state index contributed by atoms with van der Waals surface area (Å²) in [5.74, 6) is 1.41. The van der Waals surface area contributed by atoms with Crippen molar-refractivity contribution < 1.29 is 14.3 Å². The molecule has 1 aliphatic heterocycles. The summed E-state index contributed by atoms with van der Waals surface area (Å²) in [6.45, 7) is 2.54. The molecule has 9 heteroatoms. The molecule has 1 aliphatic carbocycles. The summed E-state index contributed by atoms with van der Waals surface area (Å²) in [5.41, 5.74) is 2.94. The van der Waals surface area contributed by atoms with Gasteiger partial charge >= 0.3 is 0 Å². The molecule has 162 valence electrons. The van der Waals surface area contributed by atoms with Crippen LogP contribution in [0.1, 0.15) is 41.2 Å². The molecule has 1 aromatic carbocycles. The second-order valence-electron chi connectivity index (χ2n) is 7.87. The van der Waals surface area contributed by atoms with Crippen molar-refractivity contribution >= 4 is 40.2 Å². The van der Waals surface area contributed by atoms with Crippen LogP contribution in [0.3, 0.4) is 0 Å². The number of benzene rings is 1. The molecule has 0 bridgehead atoms. The number of hydrogen-bond donors (Lipinski definition) is 2. The zero-order chi connectivity index (χ0) is 21.4. The third kappa shape index (κ3) is 4.05. The van der Waals surface area contributed by atoms with Crippen LogP contribution >= 0.6 is 11.6 Å². The van der Waals surface area contributed by atoms with Crippen LogP contribution in [-0.2, 0) is 4.74 Å². The van der Waals surface area contributed by atoms with Gasteiger partial charge in [-0.2, -0.15) is 4.98 Å². The molecular formula is C22H24ClN5O3. The van der Waals surface area contributed by atoms with E-state index in [9.17, 15) is 4.79 Å². The summed E-state index contributed by atoms with van der Waals surface area (Å²) in [4.78, 5) is 27.2. The maximum atomic E-state index is 12.9. The van der Waals surface area contributed by atoms with Gasteiger partial charge < -0.3 is 24.7 Å². The van der Waals surface area contributed by atoms with Crippen molar-refractivity contribution in [3.8, 4) is 5.75 Å². The molecule has 0 spiro atoms. The molecule has 0 unspecified atom stereocenters. The second kappa shape index (κ2) is 8.36. The number of carbonyl (C=O) groups excluding carboxylic acids is 1. The van der Waals surface area contributed by atoms with Crippen molar-refractivity contribution in [1.29, 1.82) is 0 Å². The molecule has 1 saturated carbocycles. The molecule has 31 heavy (non-hydrogen) atoms. The Morgan fingerprint density at radius 1 is 1.29 bits per heavy atom. The topological polar surface area (TPSA) is 92.4 Å². The Kier molecular flexibility index (Phi) is 5.41. The number of halogens is 1. The average molecular weight is 442 g/mol. The fraction of sp³-hybridized carbons (Fsp3) is 0.409. The lowest BCUT2D eigenvalue weighted by Crippen LogP contribution is -2.33. The van der Waals surface area contributed by atoms with Crippen LogP contribution in [0.25, 0.3) is 11.0 Å².